The SMILES string of the molecule is O=C(CN1C(=O)S/C(=C/c2ccc(OCc3ccccc3Cl)cc2)C1=O)Nc1ccccc1Br. The van der Waals surface area contributed by atoms with Crippen LogP contribution in [0.3, 0.4) is 0 Å². The summed E-state index contributed by atoms with van der Waals surface area (Å²) in [7, 11) is 0. The smallest absolute Gasteiger partial charge is 0.294 e. The molecule has 1 fully saturated rings. The van der Waals surface area contributed by atoms with Crippen molar-refractivity contribution in [3.8, 4) is 5.75 Å². The summed E-state index contributed by atoms with van der Waals surface area (Å²) < 4.78 is 6.47. The van der Waals surface area contributed by atoms with E-state index in [1.807, 2.05) is 24.3 Å². The maximum absolute atomic E-state index is 12.7. The van der Waals surface area contributed by atoms with Gasteiger partial charge in [0.05, 0.1) is 10.6 Å². The Balaban J connectivity index is 1.37. The quantitative estimate of drug-likeness (QED) is 0.342. The standard InChI is InChI=1S/C25H18BrClN2O4S/c26-19-6-2-4-8-21(19)28-23(30)14-29-24(31)22(34-25(29)32)13-16-9-11-18(12-10-16)33-15-17-5-1-3-7-20(17)27/h1-13H,14-15H2,(H,28,30)/b22-13+. The summed E-state index contributed by atoms with van der Waals surface area (Å²) in [6.45, 7) is -0.0301. The second kappa shape index (κ2) is 10.9. The minimum absolute atomic E-state index is 0.253. The number of hydrogen-bond acceptors (Lipinski definition) is 5. The first-order chi connectivity index (χ1) is 16.4. The number of benzene rings is 3. The van der Waals surface area contributed by atoms with Crippen molar-refractivity contribution in [2.45, 2.75) is 6.61 Å². The predicted molar refractivity (Wildman–Crippen MR) is 138 cm³/mol. The van der Waals surface area contributed by atoms with E-state index in [4.69, 9.17) is 16.3 Å². The minimum Gasteiger partial charge on any atom is -0.489 e. The highest BCUT2D eigenvalue weighted by Gasteiger charge is 2.36. The van der Waals surface area contributed by atoms with Crippen LogP contribution in [0, 0.1) is 0 Å². The lowest BCUT2D eigenvalue weighted by Gasteiger charge is -2.13. The number of nitrogens with one attached hydrogen (secondary N) is 1. The van der Waals surface area contributed by atoms with Crippen molar-refractivity contribution in [3.05, 3.63) is 98.3 Å². The van der Waals surface area contributed by atoms with E-state index in [1.165, 1.54) is 0 Å². The summed E-state index contributed by atoms with van der Waals surface area (Å²) in [5.74, 6) is -0.319. The van der Waals surface area contributed by atoms with Gasteiger partial charge >= 0.3 is 0 Å². The molecule has 1 aliphatic rings. The number of imide groups is 1. The first-order valence-electron chi connectivity index (χ1n) is 10.2. The highest BCUT2D eigenvalue weighted by atomic mass is 79.9. The number of amides is 3. The number of carbonyl (C=O) groups excluding carboxylic acids is 3. The summed E-state index contributed by atoms with van der Waals surface area (Å²) in [4.78, 5) is 38.6. The van der Waals surface area contributed by atoms with Crippen LogP contribution in [0.2, 0.25) is 5.02 Å². The van der Waals surface area contributed by atoms with Gasteiger partial charge in [-0.1, -0.05) is 54.1 Å². The van der Waals surface area contributed by atoms with Crippen LogP contribution in [0.15, 0.2) is 82.2 Å². The van der Waals surface area contributed by atoms with E-state index in [1.54, 1.807) is 54.6 Å². The van der Waals surface area contributed by atoms with Crippen molar-refractivity contribution in [2.75, 3.05) is 11.9 Å². The Kier molecular flexibility index (Phi) is 7.72. The first kappa shape index (κ1) is 24.1. The average Bonchev–Trinajstić information content (AvgIpc) is 3.08. The number of hydrogen-bond donors (Lipinski definition) is 1. The monoisotopic (exact) mass is 556 g/mol. The zero-order valence-electron chi connectivity index (χ0n) is 17.7. The molecule has 0 saturated carbocycles. The van der Waals surface area contributed by atoms with Gasteiger partial charge < -0.3 is 10.1 Å². The van der Waals surface area contributed by atoms with Crippen molar-refractivity contribution in [3.63, 3.8) is 0 Å². The molecule has 1 aliphatic heterocycles. The number of thioether (sulfide) groups is 1. The van der Waals surface area contributed by atoms with Crippen LogP contribution in [0.4, 0.5) is 10.5 Å². The largest absolute Gasteiger partial charge is 0.489 e. The maximum Gasteiger partial charge on any atom is 0.294 e. The molecule has 0 radical (unpaired) electrons. The molecule has 1 saturated heterocycles. The van der Waals surface area contributed by atoms with E-state index in [0.717, 1.165) is 27.8 Å². The molecule has 3 aromatic rings. The molecule has 1 heterocycles. The van der Waals surface area contributed by atoms with Gasteiger partial charge in [-0.05, 0) is 69.7 Å². The molecule has 0 atom stereocenters. The zero-order chi connectivity index (χ0) is 24.1. The number of carbonyl (C=O) groups is 3. The summed E-state index contributed by atoms with van der Waals surface area (Å²) in [5, 5.41) is 2.84. The fraction of sp³-hybridized carbons (Fsp3) is 0.0800. The van der Waals surface area contributed by atoms with Gasteiger partial charge in [0.1, 0.15) is 18.9 Å². The van der Waals surface area contributed by atoms with Gasteiger partial charge in [-0.2, -0.15) is 0 Å². The zero-order valence-corrected chi connectivity index (χ0v) is 20.8. The Morgan fingerprint density at radius 2 is 1.74 bits per heavy atom. The molecule has 0 spiro atoms. The van der Waals surface area contributed by atoms with Crippen LogP contribution in [0.5, 0.6) is 5.75 Å². The van der Waals surface area contributed by atoms with E-state index >= 15 is 0 Å². The molecule has 6 nitrogen and oxygen atoms in total. The normalized spacial score (nSPS) is 14.5. The lowest BCUT2D eigenvalue weighted by Crippen LogP contribution is -2.36. The van der Waals surface area contributed by atoms with Gasteiger partial charge in [0.25, 0.3) is 11.1 Å². The summed E-state index contributed by atoms with van der Waals surface area (Å²) in [6.07, 6.45) is 1.62. The van der Waals surface area contributed by atoms with Crippen molar-refractivity contribution in [2.24, 2.45) is 0 Å². The third-order valence-corrected chi connectivity index (χ3v) is 6.82. The van der Waals surface area contributed by atoms with Crippen molar-refractivity contribution >= 4 is 68.1 Å². The van der Waals surface area contributed by atoms with Crippen LogP contribution < -0.4 is 10.1 Å². The maximum atomic E-state index is 12.7. The molecule has 3 amide bonds. The molecular weight excluding hydrogens is 540 g/mol. The molecule has 0 aliphatic carbocycles. The molecule has 4 rings (SSSR count). The van der Waals surface area contributed by atoms with Gasteiger partial charge in [-0.15, -0.1) is 0 Å². The second-order valence-electron chi connectivity index (χ2n) is 7.24. The minimum atomic E-state index is -0.503. The summed E-state index contributed by atoms with van der Waals surface area (Å²) in [5.41, 5.74) is 2.17. The summed E-state index contributed by atoms with van der Waals surface area (Å²) in [6, 6.07) is 21.7. The molecule has 172 valence electrons. The Bertz CT molecular complexity index is 1280. The van der Waals surface area contributed by atoms with Gasteiger partial charge in [0, 0.05) is 15.1 Å². The van der Waals surface area contributed by atoms with Gasteiger partial charge in [0.15, 0.2) is 0 Å². The molecule has 9 heteroatoms. The van der Waals surface area contributed by atoms with E-state index in [2.05, 4.69) is 21.2 Å². The fourth-order valence-electron chi connectivity index (χ4n) is 3.12. The van der Waals surface area contributed by atoms with E-state index in [-0.39, 0.29) is 11.4 Å². The molecule has 1 N–H and O–H groups in total. The van der Waals surface area contributed by atoms with Crippen molar-refractivity contribution in [1.29, 1.82) is 0 Å². The number of halogens is 2. The van der Waals surface area contributed by atoms with Crippen molar-refractivity contribution < 1.29 is 19.1 Å². The van der Waals surface area contributed by atoms with Crippen LogP contribution in [0.25, 0.3) is 6.08 Å². The highest BCUT2D eigenvalue weighted by Crippen LogP contribution is 2.32. The van der Waals surface area contributed by atoms with Crippen LogP contribution in [0.1, 0.15) is 11.1 Å². The van der Waals surface area contributed by atoms with Crippen LogP contribution in [-0.2, 0) is 16.2 Å². The number of rotatable bonds is 7. The Morgan fingerprint density at radius 1 is 1.03 bits per heavy atom. The molecule has 34 heavy (non-hydrogen) atoms. The number of ether oxygens (including phenoxy) is 1. The Labute approximate surface area is 214 Å². The first-order valence-corrected chi connectivity index (χ1v) is 12.2. The van der Waals surface area contributed by atoms with E-state index in [0.29, 0.717) is 27.5 Å². The average molecular weight is 558 g/mol. The molecule has 0 aromatic heterocycles. The van der Waals surface area contributed by atoms with Crippen molar-refractivity contribution in [1.82, 2.24) is 4.90 Å². The molecule has 3 aromatic carbocycles. The van der Waals surface area contributed by atoms with Crippen LogP contribution in [-0.4, -0.2) is 28.5 Å². The highest BCUT2D eigenvalue weighted by molar-refractivity contribution is 9.10. The van der Waals surface area contributed by atoms with Crippen LogP contribution >= 0.6 is 39.3 Å². The number of anilines is 1. The third-order valence-electron chi connectivity index (χ3n) is 4.85. The Hall–Kier alpha value is -3.07. The molecule has 0 unspecified atom stereocenters. The number of para-hydroxylation sites is 1. The van der Waals surface area contributed by atoms with E-state index < -0.39 is 17.1 Å². The number of nitrogens with zero attached hydrogens (tertiary/aromatic N) is 1. The van der Waals surface area contributed by atoms with Gasteiger partial charge in [-0.3, -0.25) is 19.3 Å². The lowest BCUT2D eigenvalue weighted by atomic mass is 10.2. The molecular formula is C25H18BrClN2O4S. The fourth-order valence-corrected chi connectivity index (χ4v) is 4.53. The second-order valence-corrected chi connectivity index (χ2v) is 9.50. The van der Waals surface area contributed by atoms with E-state index in [9.17, 15) is 14.4 Å². The van der Waals surface area contributed by atoms with Gasteiger partial charge in [-0.25, -0.2) is 0 Å². The Morgan fingerprint density at radius 3 is 2.47 bits per heavy atom. The lowest BCUT2D eigenvalue weighted by molar-refractivity contribution is -0.127. The van der Waals surface area contributed by atoms with Gasteiger partial charge in [0.2, 0.25) is 5.91 Å². The predicted octanol–water partition coefficient (Wildman–Crippen LogP) is 6.36. The summed E-state index contributed by atoms with van der Waals surface area (Å²) >= 11 is 10.3. The topological polar surface area (TPSA) is 75.7 Å². The third kappa shape index (κ3) is 5.88. The molecule has 0 bridgehead atoms.